The number of hydrogen-bond donors (Lipinski definition) is 0. The van der Waals surface area contributed by atoms with Crippen molar-refractivity contribution in [3.05, 3.63) is 11.9 Å². The first-order chi connectivity index (χ1) is 3.95. The first-order valence-corrected chi connectivity index (χ1v) is 2.55. The summed E-state index contributed by atoms with van der Waals surface area (Å²) in [5, 5.41) is 0. The molecule has 0 aliphatic carbocycles. The highest BCUT2D eigenvalue weighted by Crippen LogP contribution is 2.19. The first-order valence-electron chi connectivity index (χ1n) is 1.98. The zero-order chi connectivity index (χ0) is 7.49. The van der Waals surface area contributed by atoms with Crippen LogP contribution in [0.3, 0.4) is 0 Å². The molecule has 0 saturated carbocycles. The van der Waals surface area contributed by atoms with Gasteiger partial charge in [-0.1, -0.05) is 12.6 Å². The number of allylic oxidation sites excluding steroid dienone is 1. The Bertz CT molecular complexity index is 114. The number of hydrogen-bond acceptors (Lipinski definition) is 0. The lowest BCUT2D eigenvalue weighted by Gasteiger charge is -1.96. The lowest BCUT2D eigenvalue weighted by atomic mass is 10.5. The first kappa shape index (κ1) is 8.81. The minimum Gasteiger partial charge on any atom is -0.211 e. The number of rotatable bonds is 1. The molecule has 9 heavy (non-hydrogen) atoms. The third-order valence-electron chi connectivity index (χ3n) is 0.458. The van der Waals surface area contributed by atoms with Gasteiger partial charge in [0, 0.05) is 0 Å². The van der Waals surface area contributed by atoms with Gasteiger partial charge in [-0.15, -0.1) is 0 Å². The van der Waals surface area contributed by atoms with Crippen molar-refractivity contribution in [3.63, 3.8) is 0 Å². The summed E-state index contributed by atoms with van der Waals surface area (Å²) in [6.45, 7) is 0. The van der Waals surface area contributed by atoms with Gasteiger partial charge in [-0.05, 0) is 0 Å². The third-order valence-corrected chi connectivity index (χ3v) is 0.734. The predicted octanol–water partition coefficient (Wildman–Crippen LogP) is 2.60. The molecule has 0 aromatic carbocycles. The molecule has 53 valence electrons. The minimum absolute atomic E-state index is 0.444. The van der Waals surface area contributed by atoms with Crippen molar-refractivity contribution in [1.82, 2.24) is 0 Å². The van der Waals surface area contributed by atoms with Crippen LogP contribution in [0.4, 0.5) is 17.6 Å². The second-order valence-electron chi connectivity index (χ2n) is 1.28. The molecule has 5 heteroatoms. The Morgan fingerprint density at radius 2 is 1.89 bits per heavy atom. The second kappa shape index (κ2) is 3.10. The molecule has 0 fully saturated rings. The van der Waals surface area contributed by atoms with E-state index >= 15 is 0 Å². The van der Waals surface area contributed by atoms with Gasteiger partial charge in [0.2, 0.25) is 0 Å². The van der Waals surface area contributed by atoms with Gasteiger partial charge in [-0.2, -0.15) is 13.2 Å². The zero-order valence-electron chi connectivity index (χ0n) is 4.20. The van der Waals surface area contributed by atoms with Crippen molar-refractivity contribution in [2.75, 3.05) is 5.75 Å². The molecule has 0 aliphatic heterocycles. The smallest absolute Gasteiger partial charge is 0.211 e. The fourth-order valence-corrected chi connectivity index (χ4v) is 0.303. The van der Waals surface area contributed by atoms with Gasteiger partial charge in [0.1, 0.15) is 5.83 Å². The van der Waals surface area contributed by atoms with Crippen LogP contribution in [0.5, 0.6) is 0 Å². The molecule has 1 radical (unpaired) electrons. The van der Waals surface area contributed by atoms with Crippen LogP contribution in [0.15, 0.2) is 11.9 Å². The SMILES string of the molecule is F/C(=C\C(F)(F)F)C[S]. The van der Waals surface area contributed by atoms with Crippen LogP contribution < -0.4 is 0 Å². The molecule has 0 N–H and O–H groups in total. The van der Waals surface area contributed by atoms with E-state index in [1.807, 2.05) is 0 Å². The molecule has 0 rings (SSSR count). The summed E-state index contributed by atoms with van der Waals surface area (Å²) in [5.41, 5.74) is 0. The maximum atomic E-state index is 11.7. The van der Waals surface area contributed by atoms with E-state index in [2.05, 4.69) is 12.6 Å². The Morgan fingerprint density at radius 3 is 2.00 bits per heavy atom. The summed E-state index contributed by atoms with van der Waals surface area (Å²) in [4.78, 5) is 0. The molecular weight excluding hydrogens is 156 g/mol. The zero-order valence-corrected chi connectivity index (χ0v) is 5.02. The fraction of sp³-hybridized carbons (Fsp3) is 0.500. The number of halogens is 4. The van der Waals surface area contributed by atoms with E-state index in [1.54, 1.807) is 0 Å². The van der Waals surface area contributed by atoms with Crippen LogP contribution in [-0.2, 0) is 0 Å². The molecule has 0 nitrogen and oxygen atoms in total. The lowest BCUT2D eigenvalue weighted by Crippen LogP contribution is -2.02. The second-order valence-corrected chi connectivity index (χ2v) is 1.57. The van der Waals surface area contributed by atoms with Crippen LogP contribution in [0.1, 0.15) is 0 Å². The van der Waals surface area contributed by atoms with Crippen molar-refractivity contribution in [2.45, 2.75) is 6.18 Å². The highest BCUT2D eigenvalue weighted by molar-refractivity contribution is 7.80. The Kier molecular flexibility index (Phi) is 3.03. The van der Waals surface area contributed by atoms with E-state index in [0.29, 0.717) is 0 Å². The molecule has 0 saturated heterocycles. The van der Waals surface area contributed by atoms with E-state index in [1.165, 1.54) is 0 Å². The Balaban J connectivity index is 3.95. The summed E-state index contributed by atoms with van der Waals surface area (Å²) in [6, 6.07) is 0. The van der Waals surface area contributed by atoms with Crippen LogP contribution in [-0.4, -0.2) is 11.9 Å². The highest BCUT2D eigenvalue weighted by atomic mass is 32.1. The summed E-state index contributed by atoms with van der Waals surface area (Å²) >= 11 is 4.00. The molecule has 0 aliphatic rings. The van der Waals surface area contributed by atoms with E-state index in [-0.39, 0.29) is 0 Å². The molecule has 0 bridgehead atoms. The quantitative estimate of drug-likeness (QED) is 0.516. The summed E-state index contributed by atoms with van der Waals surface area (Å²) < 4.78 is 45.1. The van der Waals surface area contributed by atoms with Crippen LogP contribution in [0, 0.1) is 0 Å². The number of alkyl halides is 3. The topological polar surface area (TPSA) is 0 Å². The van der Waals surface area contributed by atoms with Gasteiger partial charge in [0.15, 0.2) is 0 Å². The van der Waals surface area contributed by atoms with Gasteiger partial charge in [-0.25, -0.2) is 4.39 Å². The molecular formula is C4H3F4S. The fourth-order valence-electron chi connectivity index (χ4n) is 0.219. The monoisotopic (exact) mass is 159 g/mol. The van der Waals surface area contributed by atoms with Crippen molar-refractivity contribution in [3.8, 4) is 0 Å². The standard InChI is InChI=1S/C4H3F4S/c5-3(2-9)1-4(6,7)8/h1H,2H2/b3-1-. The van der Waals surface area contributed by atoms with Crippen LogP contribution in [0.2, 0.25) is 0 Å². The van der Waals surface area contributed by atoms with Crippen molar-refractivity contribution >= 4 is 12.6 Å². The maximum absolute atomic E-state index is 11.7. The van der Waals surface area contributed by atoms with E-state index in [4.69, 9.17) is 0 Å². The van der Waals surface area contributed by atoms with Crippen molar-refractivity contribution in [1.29, 1.82) is 0 Å². The molecule has 0 unspecified atom stereocenters. The molecule has 0 aromatic rings. The van der Waals surface area contributed by atoms with Crippen LogP contribution in [0.25, 0.3) is 0 Å². The molecule has 0 atom stereocenters. The van der Waals surface area contributed by atoms with Gasteiger partial charge >= 0.3 is 6.18 Å². The Labute approximate surface area is 55.0 Å². The predicted molar refractivity (Wildman–Crippen MR) is 27.7 cm³/mol. The minimum atomic E-state index is -4.58. The van der Waals surface area contributed by atoms with E-state index in [0.717, 1.165) is 0 Å². The largest absolute Gasteiger partial charge is 0.412 e. The summed E-state index contributed by atoms with van der Waals surface area (Å²) in [7, 11) is 0. The summed E-state index contributed by atoms with van der Waals surface area (Å²) in [5.74, 6) is -1.95. The molecule has 0 spiro atoms. The van der Waals surface area contributed by atoms with Gasteiger partial charge in [0.25, 0.3) is 0 Å². The van der Waals surface area contributed by atoms with E-state index in [9.17, 15) is 17.6 Å². The van der Waals surface area contributed by atoms with Crippen molar-refractivity contribution in [2.24, 2.45) is 0 Å². The molecule has 0 aromatic heterocycles. The Morgan fingerprint density at radius 1 is 1.44 bits per heavy atom. The average molecular weight is 159 g/mol. The highest BCUT2D eigenvalue weighted by Gasteiger charge is 2.24. The maximum Gasteiger partial charge on any atom is 0.412 e. The van der Waals surface area contributed by atoms with Gasteiger partial charge < -0.3 is 0 Å². The average Bonchev–Trinajstić information content (AvgIpc) is 1.62. The van der Waals surface area contributed by atoms with E-state index < -0.39 is 23.8 Å². The van der Waals surface area contributed by atoms with Crippen molar-refractivity contribution < 1.29 is 17.6 Å². The molecule has 0 heterocycles. The van der Waals surface area contributed by atoms with Crippen LogP contribution >= 0.6 is 12.6 Å². The third kappa shape index (κ3) is 5.68. The lowest BCUT2D eigenvalue weighted by molar-refractivity contribution is -0.0812. The Hall–Kier alpha value is -0.190. The van der Waals surface area contributed by atoms with Gasteiger partial charge in [0.05, 0.1) is 11.8 Å². The summed E-state index contributed by atoms with van der Waals surface area (Å²) in [6.07, 6.45) is -5.02. The normalized spacial score (nSPS) is 14.1. The molecule has 0 amide bonds. The van der Waals surface area contributed by atoms with Gasteiger partial charge in [-0.3, -0.25) is 0 Å².